The van der Waals surface area contributed by atoms with Crippen molar-refractivity contribution in [2.45, 2.75) is 109 Å². The molecule has 6 aromatic rings. The Hall–Kier alpha value is -7.38. The highest BCUT2D eigenvalue weighted by molar-refractivity contribution is 5.94. The third-order valence-electron chi connectivity index (χ3n) is 15.0. The van der Waals surface area contributed by atoms with Crippen LogP contribution in [0.15, 0.2) is 58.1 Å². The Morgan fingerprint density at radius 2 is 1.78 bits per heavy atom. The van der Waals surface area contributed by atoms with Gasteiger partial charge in [-0.15, -0.1) is 0 Å². The summed E-state index contributed by atoms with van der Waals surface area (Å²) in [5.41, 5.74) is 3.36. The number of hydrogen-bond donors (Lipinski definition) is 5. The number of aryl methyl sites for hydroxylation is 1. The van der Waals surface area contributed by atoms with Crippen LogP contribution in [0.4, 0.5) is 9.18 Å². The van der Waals surface area contributed by atoms with Gasteiger partial charge in [0.2, 0.25) is 0 Å². The zero-order chi connectivity index (χ0) is 48.5. The molecule has 5 aliphatic rings. The lowest BCUT2D eigenvalue weighted by atomic mass is 9.81. The summed E-state index contributed by atoms with van der Waals surface area (Å²) in [4.78, 5) is 76.0. The lowest BCUT2D eigenvalue weighted by molar-refractivity contribution is -0.174. The molecule has 2 unspecified atom stereocenters. The lowest BCUT2D eigenvalue weighted by Gasteiger charge is -2.62. The van der Waals surface area contributed by atoms with Gasteiger partial charge in [-0.25, -0.2) is 33.4 Å². The van der Waals surface area contributed by atoms with Crippen molar-refractivity contribution in [3.05, 3.63) is 120 Å². The minimum Gasteiger partial charge on any atom is -0.508 e. The molecule has 11 rings (SSSR count). The standard InChI is InChI=1S/C50H49FN8O10/c1-6-50(67)32-14-36-43-30(18-57(36)46(63)31(32)21-68-47(50)64)42-34(12-11-27-23(4)33(51)15-35(52-43)41(27)42)53-49(66)69-24(5)45(62)58-20-37-38(58)19-56(37)17-25-7-9-26(10-8-25)59-44(54-55-48(59)65)29-13-28(22(2)3)39(60)16-40(29)61/h7-10,13-16,22,24,34,37-38,60-61,67H,6,11-12,17-21H2,1-5H3,(H,53,66)(H,55,65)/t24-,34-,37?,38?,50-/m0/s1. The Morgan fingerprint density at radius 3 is 2.49 bits per heavy atom. The van der Waals surface area contributed by atoms with E-state index < -0.39 is 46.9 Å². The van der Waals surface area contributed by atoms with Crippen molar-refractivity contribution in [1.82, 2.24) is 39.4 Å². The zero-order valence-corrected chi connectivity index (χ0v) is 38.4. The summed E-state index contributed by atoms with van der Waals surface area (Å²) in [6.07, 6.45) is -1.14. The van der Waals surface area contributed by atoms with Crippen LogP contribution in [0.3, 0.4) is 0 Å². The Morgan fingerprint density at radius 1 is 1.01 bits per heavy atom. The first kappa shape index (κ1) is 44.1. The number of phenolic OH excluding ortho intramolecular Hbond substituents is 2. The van der Waals surface area contributed by atoms with Crippen LogP contribution in [0.25, 0.3) is 39.4 Å². The van der Waals surface area contributed by atoms with Crippen LogP contribution in [0, 0.1) is 12.7 Å². The summed E-state index contributed by atoms with van der Waals surface area (Å²) in [6, 6.07) is 12.6. The van der Waals surface area contributed by atoms with Crippen LogP contribution in [0.5, 0.6) is 11.5 Å². The number of nitrogens with one attached hydrogen (secondary N) is 2. The second-order valence-corrected chi connectivity index (χ2v) is 19.1. The number of likely N-dealkylation sites (tertiary alicyclic amines) is 2. The number of aromatic amines is 1. The van der Waals surface area contributed by atoms with E-state index in [2.05, 4.69) is 20.4 Å². The molecule has 5 N–H and O–H groups in total. The molecule has 0 radical (unpaired) electrons. The SMILES string of the molecule is CC[C@@]1(O)C(=O)OCc2c1cc1n(c2=O)Cc2c-1nc1cc(F)c(C)c3c1c2[C@@H](NC(=O)O[C@@H](C)C(=O)N1CC2C1CN2Cc1ccc(-n2c(-c4cc(C(C)C)c(O)cc4O)n[nH]c2=O)cc1)CC3. The van der Waals surface area contributed by atoms with Gasteiger partial charge in [0, 0.05) is 54.3 Å². The number of carbonyl (C=O) groups excluding carboxylic acids is 3. The number of phenols is 2. The van der Waals surface area contributed by atoms with E-state index in [1.165, 1.54) is 28.2 Å². The quantitative estimate of drug-likeness (QED) is 0.123. The highest BCUT2D eigenvalue weighted by Gasteiger charge is 2.54. The largest absolute Gasteiger partial charge is 0.508 e. The van der Waals surface area contributed by atoms with Gasteiger partial charge in [0.05, 0.1) is 52.3 Å². The zero-order valence-electron chi connectivity index (χ0n) is 38.4. The fourth-order valence-electron chi connectivity index (χ4n) is 11.0. The van der Waals surface area contributed by atoms with E-state index in [1.807, 2.05) is 26.0 Å². The number of esters is 1. The number of piperazine rings is 1. The van der Waals surface area contributed by atoms with E-state index in [4.69, 9.17) is 14.5 Å². The van der Waals surface area contributed by atoms with Gasteiger partial charge in [-0.05, 0) is 91.1 Å². The van der Waals surface area contributed by atoms with E-state index in [9.17, 15) is 39.3 Å². The number of benzene rings is 3. The minimum atomic E-state index is -2.03. The van der Waals surface area contributed by atoms with Crippen molar-refractivity contribution < 1.29 is 43.6 Å². The van der Waals surface area contributed by atoms with Gasteiger partial charge in [0.15, 0.2) is 17.5 Å². The van der Waals surface area contributed by atoms with Crippen molar-refractivity contribution in [3.63, 3.8) is 0 Å². The van der Waals surface area contributed by atoms with E-state index in [1.54, 1.807) is 43.0 Å². The normalized spacial score (nSPS) is 21.4. The Bertz CT molecular complexity index is 3340. The molecule has 5 atom stereocenters. The number of aromatic nitrogens is 5. The molecule has 2 fully saturated rings. The average molecular weight is 941 g/mol. The van der Waals surface area contributed by atoms with Crippen LogP contribution in [-0.4, -0.2) is 98.7 Å². The number of H-pyrrole nitrogens is 1. The van der Waals surface area contributed by atoms with Gasteiger partial charge in [-0.2, -0.15) is 5.10 Å². The summed E-state index contributed by atoms with van der Waals surface area (Å²) < 4.78 is 29.3. The molecule has 0 saturated carbocycles. The molecule has 7 heterocycles. The molecule has 356 valence electrons. The average Bonchev–Trinajstić information content (AvgIpc) is 3.88. The molecule has 2 amide bonds. The summed E-state index contributed by atoms with van der Waals surface area (Å²) >= 11 is 0. The van der Waals surface area contributed by atoms with Gasteiger partial charge in [0.1, 0.15) is 23.9 Å². The number of amides is 2. The first-order valence-electron chi connectivity index (χ1n) is 23.1. The van der Waals surface area contributed by atoms with E-state index in [0.29, 0.717) is 88.3 Å². The van der Waals surface area contributed by atoms with Crippen LogP contribution < -0.4 is 16.6 Å². The molecule has 1 aliphatic carbocycles. The lowest BCUT2D eigenvalue weighted by Crippen LogP contribution is -2.79. The van der Waals surface area contributed by atoms with E-state index in [-0.39, 0.29) is 71.9 Å². The fraction of sp³-hybridized carbons (Fsp3) is 0.380. The van der Waals surface area contributed by atoms with Crippen LogP contribution >= 0.6 is 0 Å². The molecule has 0 spiro atoms. The second kappa shape index (κ2) is 15.8. The highest BCUT2D eigenvalue weighted by Crippen LogP contribution is 2.46. The van der Waals surface area contributed by atoms with Gasteiger partial charge < -0.3 is 39.6 Å². The number of rotatable bonds is 9. The molecule has 69 heavy (non-hydrogen) atoms. The Balaban J connectivity index is 0.761. The monoisotopic (exact) mass is 940 g/mol. The van der Waals surface area contributed by atoms with Crippen molar-refractivity contribution >= 4 is 28.9 Å². The maximum Gasteiger partial charge on any atom is 0.408 e. The van der Waals surface area contributed by atoms with Crippen molar-refractivity contribution in [2.75, 3.05) is 13.1 Å². The molecule has 19 heteroatoms. The van der Waals surface area contributed by atoms with Crippen molar-refractivity contribution in [2.24, 2.45) is 0 Å². The number of hydrogen-bond acceptors (Lipinski definition) is 13. The molecule has 3 aromatic heterocycles. The molecular weight excluding hydrogens is 892 g/mol. The summed E-state index contributed by atoms with van der Waals surface area (Å²) in [6.45, 7) is 10.1. The number of carbonyl (C=O) groups is 3. The molecule has 4 aliphatic heterocycles. The predicted molar refractivity (Wildman–Crippen MR) is 246 cm³/mol. The van der Waals surface area contributed by atoms with Gasteiger partial charge in [-0.1, -0.05) is 32.9 Å². The number of halogens is 1. The summed E-state index contributed by atoms with van der Waals surface area (Å²) in [7, 11) is 0. The first-order valence-corrected chi connectivity index (χ1v) is 23.1. The molecule has 2 saturated heterocycles. The minimum absolute atomic E-state index is 0.0269. The number of pyridine rings is 2. The summed E-state index contributed by atoms with van der Waals surface area (Å²) in [5, 5.41) is 42.7. The van der Waals surface area contributed by atoms with Crippen LogP contribution in [0.2, 0.25) is 0 Å². The Labute approximate surface area is 392 Å². The van der Waals surface area contributed by atoms with Crippen molar-refractivity contribution in [3.8, 4) is 40.0 Å². The number of ether oxygens (including phenoxy) is 2. The van der Waals surface area contributed by atoms with Crippen molar-refractivity contribution in [1.29, 1.82) is 0 Å². The molecular formula is C50H49FN8O10. The Kier molecular flexibility index (Phi) is 10.1. The molecule has 3 aromatic carbocycles. The second-order valence-electron chi connectivity index (χ2n) is 19.1. The molecule has 18 nitrogen and oxygen atoms in total. The maximum atomic E-state index is 15.4. The summed E-state index contributed by atoms with van der Waals surface area (Å²) in [5.74, 6) is -1.71. The predicted octanol–water partition coefficient (Wildman–Crippen LogP) is 4.80. The van der Waals surface area contributed by atoms with E-state index >= 15 is 4.39 Å². The number of aliphatic hydroxyl groups is 1. The number of alkyl carbamates (subject to hydrolysis) is 1. The van der Waals surface area contributed by atoms with Crippen LogP contribution in [0.1, 0.15) is 97.0 Å². The smallest absolute Gasteiger partial charge is 0.408 e. The number of nitrogens with zero attached hydrogens (tertiary/aromatic N) is 6. The van der Waals surface area contributed by atoms with Gasteiger partial charge in [0.25, 0.3) is 11.5 Å². The third kappa shape index (κ3) is 6.68. The third-order valence-corrected chi connectivity index (χ3v) is 15.0. The molecule has 0 bridgehead atoms. The maximum absolute atomic E-state index is 15.4. The topological polar surface area (TPSA) is 234 Å². The van der Waals surface area contributed by atoms with Crippen LogP contribution in [-0.2, 0) is 50.8 Å². The fourth-order valence-corrected chi connectivity index (χ4v) is 11.0. The number of fused-ring (bicyclic) bond motifs is 6. The van der Waals surface area contributed by atoms with E-state index in [0.717, 1.165) is 11.1 Å². The number of cyclic esters (lactones) is 1. The van der Waals surface area contributed by atoms with Gasteiger partial charge >= 0.3 is 17.8 Å². The first-order chi connectivity index (χ1) is 33.0. The number of aromatic hydroxyl groups is 2. The highest BCUT2D eigenvalue weighted by atomic mass is 19.1. The van der Waals surface area contributed by atoms with Gasteiger partial charge in [-0.3, -0.25) is 14.5 Å².